The molecule has 0 unspecified atom stereocenters. The summed E-state index contributed by atoms with van der Waals surface area (Å²) in [6.45, 7) is 1.88. The van der Waals surface area contributed by atoms with Crippen LogP contribution < -0.4 is 5.73 Å². The second-order valence-corrected chi connectivity index (χ2v) is 3.33. The number of esters is 1. The van der Waals surface area contributed by atoms with Gasteiger partial charge in [-0.15, -0.1) is 0 Å². The number of ether oxygens (including phenoxy) is 1. The van der Waals surface area contributed by atoms with Gasteiger partial charge in [0.15, 0.2) is 0 Å². The summed E-state index contributed by atoms with van der Waals surface area (Å²) in [5.41, 5.74) is 5.64. The van der Waals surface area contributed by atoms with Crippen LogP contribution >= 0.6 is 0 Å². The van der Waals surface area contributed by atoms with E-state index in [1.54, 1.807) is 6.92 Å². The molecule has 0 amide bonds. The molecule has 0 aliphatic rings. The Morgan fingerprint density at radius 2 is 2.24 bits per heavy atom. The van der Waals surface area contributed by atoms with E-state index in [2.05, 4.69) is 4.98 Å². The molecule has 1 rings (SSSR count). The fourth-order valence-electron chi connectivity index (χ4n) is 1.38. The van der Waals surface area contributed by atoms with Gasteiger partial charge >= 0.3 is 5.97 Å². The number of nitrogens with two attached hydrogens (primary N) is 1. The second kappa shape index (κ2) is 6.24. The molecule has 4 nitrogen and oxygen atoms in total. The first kappa shape index (κ1) is 13.5. The fourth-order valence-corrected chi connectivity index (χ4v) is 1.38. The second-order valence-electron chi connectivity index (χ2n) is 3.33. The molecule has 1 aromatic heterocycles. The van der Waals surface area contributed by atoms with Gasteiger partial charge in [-0.2, -0.15) is 0 Å². The third-order valence-electron chi connectivity index (χ3n) is 2.13. The van der Waals surface area contributed by atoms with Crippen molar-refractivity contribution in [1.82, 2.24) is 4.98 Å². The van der Waals surface area contributed by atoms with E-state index >= 15 is 0 Å². The van der Waals surface area contributed by atoms with Gasteiger partial charge in [-0.3, -0.25) is 9.78 Å². The van der Waals surface area contributed by atoms with Crippen LogP contribution in [0.25, 0.3) is 0 Å². The molecule has 94 valence electrons. The zero-order chi connectivity index (χ0) is 12.8. The van der Waals surface area contributed by atoms with Crippen LogP contribution in [0, 0.1) is 0 Å². The fraction of sp³-hybridized carbons (Fsp3) is 0.455. The Hall–Kier alpha value is -1.56. The number of nitrogens with zero attached hydrogens (tertiary/aromatic N) is 1. The lowest BCUT2D eigenvalue weighted by atomic mass is 10.1. The van der Waals surface area contributed by atoms with E-state index < -0.39 is 12.4 Å². The maximum atomic E-state index is 12.5. The van der Waals surface area contributed by atoms with Crippen molar-refractivity contribution in [2.45, 2.75) is 26.3 Å². The summed E-state index contributed by atoms with van der Waals surface area (Å²) in [5, 5.41) is 0. The maximum absolute atomic E-state index is 12.5. The van der Waals surface area contributed by atoms with Gasteiger partial charge in [-0.25, -0.2) is 8.78 Å². The van der Waals surface area contributed by atoms with Crippen molar-refractivity contribution in [1.29, 1.82) is 0 Å². The molecule has 6 heteroatoms. The third-order valence-corrected chi connectivity index (χ3v) is 2.13. The summed E-state index contributed by atoms with van der Waals surface area (Å²) in [6, 6.07) is 2.63. The summed E-state index contributed by atoms with van der Waals surface area (Å²) in [6.07, 6.45) is -2.65. The molecule has 0 radical (unpaired) electrons. The monoisotopic (exact) mass is 244 g/mol. The molecule has 1 aromatic rings. The summed E-state index contributed by atoms with van der Waals surface area (Å²) in [4.78, 5) is 15.1. The minimum Gasteiger partial charge on any atom is -0.466 e. The molecule has 0 aliphatic carbocycles. The molecule has 0 atom stereocenters. The highest BCUT2D eigenvalue weighted by Gasteiger charge is 2.15. The van der Waals surface area contributed by atoms with Crippen LogP contribution in [-0.4, -0.2) is 17.6 Å². The van der Waals surface area contributed by atoms with Gasteiger partial charge in [0.2, 0.25) is 0 Å². The molecule has 0 saturated carbocycles. The predicted molar refractivity (Wildman–Crippen MR) is 57.4 cm³/mol. The van der Waals surface area contributed by atoms with Crippen LogP contribution in [0.2, 0.25) is 0 Å². The van der Waals surface area contributed by atoms with E-state index in [0.29, 0.717) is 5.69 Å². The maximum Gasteiger partial charge on any atom is 0.311 e. The number of hydrogen-bond donors (Lipinski definition) is 1. The van der Waals surface area contributed by atoms with Crippen molar-refractivity contribution in [3.8, 4) is 0 Å². The SMILES string of the molecule is CCOC(=O)Cc1ccc(C(F)F)c(CN)n1. The van der Waals surface area contributed by atoms with Gasteiger partial charge < -0.3 is 10.5 Å². The van der Waals surface area contributed by atoms with Gasteiger partial charge in [0, 0.05) is 12.1 Å². The number of aromatic nitrogens is 1. The largest absolute Gasteiger partial charge is 0.466 e. The number of rotatable bonds is 5. The molecule has 1 heterocycles. The molecule has 0 fully saturated rings. The third kappa shape index (κ3) is 3.74. The van der Waals surface area contributed by atoms with Gasteiger partial charge in [0.05, 0.1) is 24.4 Å². The minimum atomic E-state index is -2.61. The van der Waals surface area contributed by atoms with E-state index in [1.807, 2.05) is 0 Å². The molecule has 0 saturated heterocycles. The number of hydrogen-bond acceptors (Lipinski definition) is 4. The molecule has 2 N–H and O–H groups in total. The normalized spacial score (nSPS) is 10.6. The topological polar surface area (TPSA) is 65.2 Å². The van der Waals surface area contributed by atoms with Crippen LogP contribution in [0.15, 0.2) is 12.1 Å². The zero-order valence-electron chi connectivity index (χ0n) is 9.45. The van der Waals surface area contributed by atoms with Crippen molar-refractivity contribution in [3.05, 3.63) is 29.1 Å². The van der Waals surface area contributed by atoms with Gasteiger partial charge in [0.25, 0.3) is 6.43 Å². The van der Waals surface area contributed by atoms with Crippen LogP contribution in [0.1, 0.15) is 30.3 Å². The Bertz CT molecular complexity index is 397. The lowest BCUT2D eigenvalue weighted by Crippen LogP contribution is -2.12. The van der Waals surface area contributed by atoms with Crippen molar-refractivity contribution in [2.24, 2.45) is 5.73 Å². The lowest BCUT2D eigenvalue weighted by molar-refractivity contribution is -0.142. The number of carbonyl (C=O) groups excluding carboxylic acids is 1. The molecular formula is C11H14F2N2O2. The number of carbonyl (C=O) groups is 1. The first-order valence-corrected chi connectivity index (χ1v) is 5.21. The summed E-state index contributed by atoms with van der Waals surface area (Å²) < 4.78 is 29.8. The molecule has 17 heavy (non-hydrogen) atoms. The zero-order valence-corrected chi connectivity index (χ0v) is 9.45. The van der Waals surface area contributed by atoms with E-state index in [-0.39, 0.29) is 30.8 Å². The number of pyridine rings is 1. The highest BCUT2D eigenvalue weighted by atomic mass is 19.3. The minimum absolute atomic E-state index is 0.0373. The Morgan fingerprint density at radius 1 is 1.53 bits per heavy atom. The van der Waals surface area contributed by atoms with Crippen LogP contribution in [-0.2, 0) is 22.5 Å². The van der Waals surface area contributed by atoms with E-state index in [1.165, 1.54) is 12.1 Å². The quantitative estimate of drug-likeness (QED) is 0.799. The number of alkyl halides is 2. The Kier molecular flexibility index (Phi) is 4.96. The molecule has 0 aromatic carbocycles. The van der Waals surface area contributed by atoms with Gasteiger partial charge in [-0.05, 0) is 19.1 Å². The smallest absolute Gasteiger partial charge is 0.311 e. The highest BCUT2D eigenvalue weighted by molar-refractivity contribution is 5.71. The molecular weight excluding hydrogens is 230 g/mol. The van der Waals surface area contributed by atoms with Crippen LogP contribution in [0.5, 0.6) is 0 Å². The van der Waals surface area contributed by atoms with Crippen molar-refractivity contribution >= 4 is 5.97 Å². The average Bonchev–Trinajstić information content (AvgIpc) is 2.28. The summed E-state index contributed by atoms with van der Waals surface area (Å²) in [5.74, 6) is -0.437. The summed E-state index contributed by atoms with van der Waals surface area (Å²) in [7, 11) is 0. The van der Waals surface area contributed by atoms with Crippen LogP contribution in [0.4, 0.5) is 8.78 Å². The van der Waals surface area contributed by atoms with Crippen molar-refractivity contribution in [2.75, 3.05) is 6.61 Å². The van der Waals surface area contributed by atoms with Gasteiger partial charge in [-0.1, -0.05) is 0 Å². The Morgan fingerprint density at radius 3 is 2.76 bits per heavy atom. The predicted octanol–water partition coefficient (Wildman–Crippen LogP) is 1.58. The first-order chi connectivity index (χ1) is 8.08. The molecule has 0 aliphatic heterocycles. The standard InChI is InChI=1S/C11H14F2N2O2/c1-2-17-10(16)5-7-3-4-8(11(12)13)9(6-14)15-7/h3-4,11H,2,5-6,14H2,1H3. The number of halogens is 2. The van der Waals surface area contributed by atoms with Crippen molar-refractivity contribution < 1.29 is 18.3 Å². The van der Waals surface area contributed by atoms with Crippen LogP contribution in [0.3, 0.4) is 0 Å². The first-order valence-electron chi connectivity index (χ1n) is 5.21. The summed E-state index contributed by atoms with van der Waals surface area (Å²) >= 11 is 0. The van der Waals surface area contributed by atoms with E-state index in [4.69, 9.17) is 10.5 Å². The molecule has 0 bridgehead atoms. The van der Waals surface area contributed by atoms with Crippen molar-refractivity contribution in [3.63, 3.8) is 0 Å². The van der Waals surface area contributed by atoms with E-state index in [0.717, 1.165) is 0 Å². The highest BCUT2D eigenvalue weighted by Crippen LogP contribution is 2.21. The molecule has 0 spiro atoms. The lowest BCUT2D eigenvalue weighted by Gasteiger charge is -2.08. The Balaban J connectivity index is 2.86. The average molecular weight is 244 g/mol. The Labute approximate surface area is 97.8 Å². The van der Waals surface area contributed by atoms with Gasteiger partial charge in [0.1, 0.15) is 0 Å². The van der Waals surface area contributed by atoms with E-state index in [9.17, 15) is 13.6 Å².